The van der Waals surface area contributed by atoms with Crippen LogP contribution in [0.3, 0.4) is 0 Å². The summed E-state index contributed by atoms with van der Waals surface area (Å²) in [5, 5.41) is 0.857. The molecule has 66 valence electrons. The molecule has 1 heterocycles. The highest BCUT2D eigenvalue weighted by atomic mass is 32.2. The first-order chi connectivity index (χ1) is 5.36. The van der Waals surface area contributed by atoms with E-state index >= 15 is 0 Å². The molecule has 3 heteroatoms. The Morgan fingerprint density at radius 1 is 1.64 bits per heavy atom. The van der Waals surface area contributed by atoms with Gasteiger partial charge in [0.2, 0.25) is 0 Å². The Kier molecular flexibility index (Phi) is 4.26. The van der Waals surface area contributed by atoms with Crippen LogP contribution in [0, 0.1) is 0 Å². The normalized spacial score (nSPS) is 27.3. The van der Waals surface area contributed by atoms with Crippen LogP contribution in [0.25, 0.3) is 0 Å². The summed E-state index contributed by atoms with van der Waals surface area (Å²) >= 11 is 2.11. The minimum absolute atomic E-state index is 0.807. The van der Waals surface area contributed by atoms with Crippen LogP contribution in [0.4, 0.5) is 0 Å². The van der Waals surface area contributed by atoms with E-state index in [0.717, 1.165) is 18.3 Å². The number of nitrogens with zero attached hydrogens (tertiary/aromatic N) is 1. The van der Waals surface area contributed by atoms with E-state index < -0.39 is 0 Å². The molecule has 11 heavy (non-hydrogen) atoms. The van der Waals surface area contributed by atoms with E-state index in [4.69, 9.17) is 5.73 Å². The monoisotopic (exact) mass is 174 g/mol. The lowest BCUT2D eigenvalue weighted by atomic mass is 10.3. The maximum Gasteiger partial charge on any atom is 0.0172 e. The smallest absolute Gasteiger partial charge is 0.0172 e. The van der Waals surface area contributed by atoms with Crippen LogP contribution < -0.4 is 5.73 Å². The van der Waals surface area contributed by atoms with Gasteiger partial charge in [-0.1, -0.05) is 6.92 Å². The molecule has 2 N–H and O–H groups in total. The molecule has 1 saturated heterocycles. The van der Waals surface area contributed by atoms with Crippen LogP contribution in [0.15, 0.2) is 0 Å². The number of thioether (sulfide) groups is 1. The molecule has 1 aliphatic rings. The fraction of sp³-hybridized carbons (Fsp3) is 1.00. The van der Waals surface area contributed by atoms with Gasteiger partial charge in [0.15, 0.2) is 0 Å². The highest BCUT2D eigenvalue weighted by Gasteiger charge is 2.17. The fourth-order valence-electron chi connectivity index (χ4n) is 1.41. The fourth-order valence-corrected chi connectivity index (χ4v) is 2.66. The summed E-state index contributed by atoms with van der Waals surface area (Å²) in [6, 6.07) is 0. The quantitative estimate of drug-likeness (QED) is 0.685. The molecule has 0 aromatic carbocycles. The summed E-state index contributed by atoms with van der Waals surface area (Å²) in [5.74, 6) is 1.29. The first-order valence-corrected chi connectivity index (χ1v) is 5.45. The van der Waals surface area contributed by atoms with Gasteiger partial charge < -0.3 is 10.6 Å². The van der Waals surface area contributed by atoms with Crippen molar-refractivity contribution in [3.8, 4) is 0 Å². The minimum atomic E-state index is 0.807. The van der Waals surface area contributed by atoms with Crippen LogP contribution in [-0.4, -0.2) is 42.1 Å². The predicted octanol–water partition coefficient (Wildman–Crippen LogP) is 0.773. The van der Waals surface area contributed by atoms with Crippen molar-refractivity contribution in [3.05, 3.63) is 0 Å². The third-order valence-corrected chi connectivity index (χ3v) is 3.50. The number of nitrogens with two attached hydrogens (primary N) is 1. The molecule has 0 amide bonds. The van der Waals surface area contributed by atoms with Crippen LogP contribution in [-0.2, 0) is 0 Å². The summed E-state index contributed by atoms with van der Waals surface area (Å²) in [6.45, 7) is 6.64. The number of hydrogen-bond donors (Lipinski definition) is 1. The van der Waals surface area contributed by atoms with E-state index in [1.54, 1.807) is 0 Å². The molecule has 0 aliphatic carbocycles. The first kappa shape index (κ1) is 9.36. The maximum atomic E-state index is 5.50. The molecule has 1 rings (SSSR count). The van der Waals surface area contributed by atoms with Crippen molar-refractivity contribution in [1.82, 2.24) is 4.90 Å². The third-order valence-electron chi connectivity index (χ3n) is 2.12. The van der Waals surface area contributed by atoms with Gasteiger partial charge in [-0.05, 0) is 6.42 Å². The van der Waals surface area contributed by atoms with Crippen molar-refractivity contribution in [1.29, 1.82) is 0 Å². The lowest BCUT2D eigenvalue weighted by molar-refractivity contribution is 0.289. The minimum Gasteiger partial charge on any atom is -0.329 e. The highest BCUT2D eigenvalue weighted by Crippen LogP contribution is 2.20. The molecular formula is C8H18N2S. The zero-order chi connectivity index (χ0) is 8.10. The van der Waals surface area contributed by atoms with E-state index in [1.807, 2.05) is 0 Å². The Balaban J connectivity index is 2.21. The molecule has 0 saturated carbocycles. The van der Waals surface area contributed by atoms with E-state index in [2.05, 4.69) is 23.6 Å². The summed E-state index contributed by atoms with van der Waals surface area (Å²) in [6.07, 6.45) is 1.30. The zero-order valence-corrected chi connectivity index (χ0v) is 8.07. The van der Waals surface area contributed by atoms with Gasteiger partial charge in [-0.2, -0.15) is 11.8 Å². The van der Waals surface area contributed by atoms with Gasteiger partial charge in [0.1, 0.15) is 0 Å². The van der Waals surface area contributed by atoms with E-state index in [1.165, 1.54) is 25.3 Å². The van der Waals surface area contributed by atoms with Gasteiger partial charge in [0.05, 0.1) is 0 Å². The number of rotatable bonds is 3. The average molecular weight is 174 g/mol. The van der Waals surface area contributed by atoms with E-state index in [9.17, 15) is 0 Å². The van der Waals surface area contributed by atoms with Crippen LogP contribution in [0.2, 0.25) is 0 Å². The van der Waals surface area contributed by atoms with Crippen LogP contribution in [0.1, 0.15) is 13.3 Å². The lowest BCUT2D eigenvalue weighted by Crippen LogP contribution is -2.40. The molecule has 1 aliphatic heterocycles. The second kappa shape index (κ2) is 5.01. The van der Waals surface area contributed by atoms with Gasteiger partial charge >= 0.3 is 0 Å². The molecular weight excluding hydrogens is 156 g/mol. The Hall–Kier alpha value is 0.270. The molecule has 0 aromatic heterocycles. The molecule has 0 aromatic rings. The van der Waals surface area contributed by atoms with Crippen molar-refractivity contribution >= 4 is 11.8 Å². The van der Waals surface area contributed by atoms with Crippen LogP contribution >= 0.6 is 11.8 Å². The maximum absolute atomic E-state index is 5.50. The summed E-state index contributed by atoms with van der Waals surface area (Å²) < 4.78 is 0. The first-order valence-electron chi connectivity index (χ1n) is 4.40. The molecule has 1 unspecified atom stereocenters. The Morgan fingerprint density at radius 2 is 2.45 bits per heavy atom. The topological polar surface area (TPSA) is 29.3 Å². The molecule has 1 fully saturated rings. The van der Waals surface area contributed by atoms with Gasteiger partial charge in [0.25, 0.3) is 0 Å². The van der Waals surface area contributed by atoms with Gasteiger partial charge in [-0.15, -0.1) is 0 Å². The molecule has 1 atom stereocenters. The van der Waals surface area contributed by atoms with Crippen molar-refractivity contribution < 1.29 is 0 Å². The Labute approximate surface area is 73.5 Å². The van der Waals surface area contributed by atoms with E-state index in [-0.39, 0.29) is 0 Å². The third kappa shape index (κ3) is 3.01. The largest absolute Gasteiger partial charge is 0.329 e. The lowest BCUT2D eigenvalue weighted by Gasteiger charge is -2.31. The van der Waals surface area contributed by atoms with Gasteiger partial charge in [-0.3, -0.25) is 0 Å². The second-order valence-electron chi connectivity index (χ2n) is 2.99. The second-order valence-corrected chi connectivity index (χ2v) is 4.40. The van der Waals surface area contributed by atoms with Crippen molar-refractivity contribution in [3.63, 3.8) is 0 Å². The molecule has 2 nitrogen and oxygen atoms in total. The summed E-state index contributed by atoms with van der Waals surface area (Å²) in [5.41, 5.74) is 5.50. The standard InChI is InChI=1S/C8H18N2S/c1-2-8-7-10(4-3-9)5-6-11-8/h8H,2-7,9H2,1H3. The summed E-state index contributed by atoms with van der Waals surface area (Å²) in [7, 11) is 0. The van der Waals surface area contributed by atoms with Crippen molar-refractivity contribution in [2.24, 2.45) is 5.73 Å². The van der Waals surface area contributed by atoms with Crippen LogP contribution in [0.5, 0.6) is 0 Å². The Bertz CT molecular complexity index is 106. The van der Waals surface area contributed by atoms with Gasteiger partial charge in [-0.25, -0.2) is 0 Å². The summed E-state index contributed by atoms with van der Waals surface area (Å²) in [4.78, 5) is 2.48. The average Bonchev–Trinajstić information content (AvgIpc) is 2.06. The van der Waals surface area contributed by atoms with Gasteiger partial charge in [0, 0.05) is 37.2 Å². The number of hydrogen-bond acceptors (Lipinski definition) is 3. The van der Waals surface area contributed by atoms with Crippen molar-refractivity contribution in [2.45, 2.75) is 18.6 Å². The van der Waals surface area contributed by atoms with E-state index in [0.29, 0.717) is 0 Å². The Morgan fingerprint density at radius 3 is 3.09 bits per heavy atom. The van der Waals surface area contributed by atoms with Crippen molar-refractivity contribution in [2.75, 3.05) is 31.9 Å². The molecule has 0 radical (unpaired) electrons. The highest BCUT2D eigenvalue weighted by molar-refractivity contribution is 8.00. The molecule has 0 bridgehead atoms. The SMILES string of the molecule is CCC1CN(CCN)CCS1. The predicted molar refractivity (Wildman–Crippen MR) is 52.0 cm³/mol. The zero-order valence-electron chi connectivity index (χ0n) is 7.25. The molecule has 0 spiro atoms.